The maximum absolute atomic E-state index is 14.8. The standard InChI is InChI=1S/C29H36ClF2N2O/c1-5-6-20-15-21(30)7-9-23(20)19-11-13-33(14-12-19)28(35)26-18-34(29(2,3)4)17-25(26)24-10-8-22(31)16-27(24)32/h6-10,15-16,19,25-26H,5,11-14,17-18H2,1-4H3/t25-,26+/m0/s1. The lowest BCUT2D eigenvalue weighted by atomic mass is 9.84. The van der Waals surface area contributed by atoms with E-state index in [1.165, 1.54) is 23.3 Å². The van der Waals surface area contributed by atoms with Crippen molar-refractivity contribution >= 4 is 17.5 Å². The average Bonchev–Trinajstić information content (AvgIpc) is 3.25. The lowest BCUT2D eigenvalue weighted by Crippen LogP contribution is -2.44. The molecule has 1 radical (unpaired) electrons. The fourth-order valence-electron chi connectivity index (χ4n) is 5.68. The summed E-state index contributed by atoms with van der Waals surface area (Å²) >= 11 is 6.23. The Morgan fingerprint density at radius 3 is 2.37 bits per heavy atom. The number of benzene rings is 2. The fraction of sp³-hybridized carbons (Fsp3) is 0.517. The molecule has 3 nitrogen and oxygen atoms in total. The minimum atomic E-state index is -0.594. The third-order valence-corrected chi connectivity index (χ3v) is 7.90. The van der Waals surface area contributed by atoms with E-state index in [4.69, 9.17) is 11.6 Å². The molecule has 189 valence electrons. The van der Waals surface area contributed by atoms with E-state index in [0.29, 0.717) is 37.7 Å². The second kappa shape index (κ2) is 10.6. The van der Waals surface area contributed by atoms with Crippen LogP contribution in [0.4, 0.5) is 8.78 Å². The van der Waals surface area contributed by atoms with Gasteiger partial charge in [-0.1, -0.05) is 30.7 Å². The Hall–Kier alpha value is -1.98. The van der Waals surface area contributed by atoms with Gasteiger partial charge in [0.25, 0.3) is 0 Å². The van der Waals surface area contributed by atoms with E-state index in [-0.39, 0.29) is 23.3 Å². The first-order chi connectivity index (χ1) is 16.6. The third-order valence-electron chi connectivity index (χ3n) is 7.67. The van der Waals surface area contributed by atoms with Gasteiger partial charge in [-0.2, -0.15) is 0 Å². The minimum Gasteiger partial charge on any atom is -0.342 e. The number of carbonyl (C=O) groups is 1. The summed E-state index contributed by atoms with van der Waals surface area (Å²) in [5.74, 6) is -1.32. The fourth-order valence-corrected chi connectivity index (χ4v) is 5.86. The number of nitrogens with zero attached hydrogens (tertiary/aromatic N) is 2. The van der Waals surface area contributed by atoms with Gasteiger partial charge in [0.05, 0.1) is 5.92 Å². The van der Waals surface area contributed by atoms with Crippen molar-refractivity contribution < 1.29 is 13.6 Å². The van der Waals surface area contributed by atoms with Crippen LogP contribution >= 0.6 is 11.6 Å². The predicted molar refractivity (Wildman–Crippen MR) is 138 cm³/mol. The Kier molecular flexibility index (Phi) is 7.87. The summed E-state index contributed by atoms with van der Waals surface area (Å²) in [6.45, 7) is 11.0. The normalized spacial score (nSPS) is 22.1. The van der Waals surface area contributed by atoms with Crippen molar-refractivity contribution in [3.05, 3.63) is 76.2 Å². The summed E-state index contributed by atoms with van der Waals surface area (Å²) in [5, 5.41) is 0.741. The van der Waals surface area contributed by atoms with E-state index in [2.05, 4.69) is 45.1 Å². The maximum atomic E-state index is 14.8. The van der Waals surface area contributed by atoms with Gasteiger partial charge in [-0.15, -0.1) is 0 Å². The Labute approximate surface area is 213 Å². The molecule has 2 atom stereocenters. The van der Waals surface area contributed by atoms with Gasteiger partial charge in [0.2, 0.25) is 5.91 Å². The van der Waals surface area contributed by atoms with Crippen LogP contribution in [0.3, 0.4) is 0 Å². The minimum absolute atomic E-state index is 0.0837. The average molecular weight is 502 g/mol. The number of amides is 1. The number of rotatable bonds is 5. The highest BCUT2D eigenvalue weighted by Gasteiger charge is 2.44. The molecule has 0 N–H and O–H groups in total. The molecule has 2 aromatic carbocycles. The highest BCUT2D eigenvalue weighted by Crippen LogP contribution is 2.40. The molecule has 0 saturated carbocycles. The van der Waals surface area contributed by atoms with Crippen molar-refractivity contribution in [2.45, 2.75) is 64.3 Å². The van der Waals surface area contributed by atoms with Crippen LogP contribution in [0.5, 0.6) is 0 Å². The van der Waals surface area contributed by atoms with Crippen molar-refractivity contribution in [2.24, 2.45) is 5.92 Å². The highest BCUT2D eigenvalue weighted by atomic mass is 35.5. The third kappa shape index (κ3) is 5.72. The molecule has 2 heterocycles. The van der Waals surface area contributed by atoms with Gasteiger partial charge in [-0.25, -0.2) is 8.78 Å². The van der Waals surface area contributed by atoms with Crippen LogP contribution in [0.2, 0.25) is 5.02 Å². The van der Waals surface area contributed by atoms with Crippen LogP contribution in [0.15, 0.2) is 36.4 Å². The van der Waals surface area contributed by atoms with Gasteiger partial charge >= 0.3 is 0 Å². The lowest BCUT2D eigenvalue weighted by molar-refractivity contribution is -0.136. The number of piperidine rings is 1. The topological polar surface area (TPSA) is 23.6 Å². The predicted octanol–water partition coefficient (Wildman–Crippen LogP) is 6.80. The maximum Gasteiger partial charge on any atom is 0.227 e. The first-order valence-corrected chi connectivity index (χ1v) is 13.1. The summed E-state index contributed by atoms with van der Waals surface area (Å²) in [6.07, 6.45) is 4.94. The van der Waals surface area contributed by atoms with Gasteiger partial charge in [0.15, 0.2) is 0 Å². The second-order valence-corrected chi connectivity index (χ2v) is 11.4. The van der Waals surface area contributed by atoms with Crippen molar-refractivity contribution in [3.63, 3.8) is 0 Å². The summed E-state index contributed by atoms with van der Waals surface area (Å²) in [4.78, 5) is 18.0. The van der Waals surface area contributed by atoms with Crippen molar-refractivity contribution in [3.8, 4) is 0 Å². The number of hydrogen-bond donors (Lipinski definition) is 0. The van der Waals surface area contributed by atoms with E-state index in [9.17, 15) is 13.6 Å². The van der Waals surface area contributed by atoms with Crippen LogP contribution in [0.25, 0.3) is 0 Å². The Bertz CT molecular complexity index is 1060. The first kappa shape index (κ1) is 26.1. The van der Waals surface area contributed by atoms with Crippen LogP contribution < -0.4 is 0 Å². The molecule has 2 fully saturated rings. The molecular formula is C29H36ClF2N2O. The molecule has 2 aromatic rings. The molecule has 0 aliphatic carbocycles. The van der Waals surface area contributed by atoms with E-state index >= 15 is 0 Å². The van der Waals surface area contributed by atoms with Gasteiger partial charge in [-0.05, 0) is 87.3 Å². The number of carbonyl (C=O) groups excluding carboxylic acids is 1. The monoisotopic (exact) mass is 501 g/mol. The molecule has 1 amide bonds. The van der Waals surface area contributed by atoms with E-state index in [1.54, 1.807) is 0 Å². The van der Waals surface area contributed by atoms with Gasteiger partial charge in [0, 0.05) is 48.7 Å². The summed E-state index contributed by atoms with van der Waals surface area (Å²) in [5.41, 5.74) is 2.78. The van der Waals surface area contributed by atoms with Gasteiger partial charge in [0.1, 0.15) is 11.6 Å². The lowest BCUT2D eigenvalue weighted by Gasteiger charge is -2.36. The Balaban J connectivity index is 1.51. The molecule has 6 heteroatoms. The smallest absolute Gasteiger partial charge is 0.227 e. The largest absolute Gasteiger partial charge is 0.342 e. The Morgan fingerprint density at radius 2 is 1.74 bits per heavy atom. The SMILES string of the molecule is CC[CH]c1cc(Cl)ccc1C1CCN(C(=O)[C@@H]2CN(C(C)(C)C)C[C@H]2c2ccc(F)cc2F)CC1. The number of halogens is 3. The number of hydrogen-bond acceptors (Lipinski definition) is 2. The molecule has 0 unspecified atom stereocenters. The molecule has 2 saturated heterocycles. The van der Waals surface area contributed by atoms with Crippen LogP contribution in [-0.2, 0) is 4.79 Å². The molecule has 4 rings (SSSR count). The van der Waals surface area contributed by atoms with Crippen LogP contribution in [0.1, 0.15) is 75.5 Å². The Morgan fingerprint density at radius 1 is 1.06 bits per heavy atom. The zero-order chi connectivity index (χ0) is 25.3. The summed E-state index contributed by atoms with van der Waals surface area (Å²) in [6, 6.07) is 9.83. The van der Waals surface area contributed by atoms with Crippen LogP contribution in [0, 0.1) is 24.0 Å². The first-order valence-electron chi connectivity index (χ1n) is 12.7. The molecule has 0 spiro atoms. The molecule has 2 aliphatic heterocycles. The highest BCUT2D eigenvalue weighted by molar-refractivity contribution is 6.30. The number of likely N-dealkylation sites (tertiary alicyclic amines) is 2. The second-order valence-electron chi connectivity index (χ2n) is 10.9. The van der Waals surface area contributed by atoms with Gasteiger partial charge in [-0.3, -0.25) is 9.69 Å². The summed E-state index contributed by atoms with van der Waals surface area (Å²) < 4.78 is 28.4. The van der Waals surface area contributed by atoms with Crippen LogP contribution in [-0.4, -0.2) is 47.4 Å². The molecule has 35 heavy (non-hydrogen) atoms. The quantitative estimate of drug-likeness (QED) is 0.449. The van der Waals surface area contributed by atoms with E-state index in [0.717, 1.165) is 30.4 Å². The van der Waals surface area contributed by atoms with Crippen molar-refractivity contribution in [1.82, 2.24) is 9.80 Å². The zero-order valence-corrected chi connectivity index (χ0v) is 21.9. The molecule has 0 aromatic heterocycles. The molecule has 2 aliphatic rings. The van der Waals surface area contributed by atoms with E-state index < -0.39 is 11.6 Å². The van der Waals surface area contributed by atoms with Gasteiger partial charge < -0.3 is 4.90 Å². The summed E-state index contributed by atoms with van der Waals surface area (Å²) in [7, 11) is 0. The van der Waals surface area contributed by atoms with Crippen molar-refractivity contribution in [2.75, 3.05) is 26.2 Å². The van der Waals surface area contributed by atoms with E-state index in [1.807, 2.05) is 17.0 Å². The zero-order valence-electron chi connectivity index (χ0n) is 21.2. The molecule has 0 bridgehead atoms. The van der Waals surface area contributed by atoms with Crippen molar-refractivity contribution in [1.29, 1.82) is 0 Å². The molecular weight excluding hydrogens is 466 g/mol.